The Bertz CT molecular complexity index is 794. The number of hydrogen-bond donors (Lipinski definition) is 0. The predicted molar refractivity (Wildman–Crippen MR) is 104 cm³/mol. The maximum Gasteiger partial charge on any atom is 0.310 e. The van der Waals surface area contributed by atoms with E-state index in [9.17, 15) is 9.18 Å². The van der Waals surface area contributed by atoms with Gasteiger partial charge in [-0.15, -0.1) is 0 Å². The number of rotatable bonds is 6. The highest BCUT2D eigenvalue weighted by atomic mass is 79.9. The molecule has 142 valence electrons. The van der Waals surface area contributed by atoms with Gasteiger partial charge in [-0.3, -0.25) is 9.48 Å². The first-order valence-corrected chi connectivity index (χ1v) is 9.67. The van der Waals surface area contributed by atoms with Crippen LogP contribution in [0.1, 0.15) is 57.1 Å². The van der Waals surface area contributed by atoms with Gasteiger partial charge >= 0.3 is 5.97 Å². The summed E-state index contributed by atoms with van der Waals surface area (Å²) in [6.45, 7) is 9.92. The molecule has 0 fully saturated rings. The van der Waals surface area contributed by atoms with Gasteiger partial charge in [-0.1, -0.05) is 35.8 Å². The number of esters is 1. The molecule has 1 aromatic heterocycles. The molecule has 6 heteroatoms. The van der Waals surface area contributed by atoms with E-state index in [4.69, 9.17) is 4.74 Å². The highest BCUT2D eigenvalue weighted by Crippen LogP contribution is 2.22. The molecule has 0 saturated heterocycles. The quantitative estimate of drug-likeness (QED) is 0.622. The van der Waals surface area contributed by atoms with Gasteiger partial charge in [0.25, 0.3) is 0 Å². The molecule has 0 atom stereocenters. The first-order valence-electron chi connectivity index (χ1n) is 8.87. The van der Waals surface area contributed by atoms with E-state index in [1.807, 2.05) is 45.4 Å². The second kappa shape index (κ2) is 8.33. The molecule has 0 aliphatic heterocycles. The van der Waals surface area contributed by atoms with Crippen molar-refractivity contribution < 1.29 is 13.9 Å². The highest BCUT2D eigenvalue weighted by molar-refractivity contribution is 9.10. The standard InChI is InChI=1S/C20H26BrFN2O2/c1-6-17-15(11-19(25)26-20(3,4)5)18(7-2)24(23-17)12-13-8-9-14(21)10-16(13)22/h8-10H,6-7,11-12H2,1-5H3. The molecule has 0 aliphatic rings. The smallest absolute Gasteiger partial charge is 0.310 e. The fourth-order valence-corrected chi connectivity index (χ4v) is 3.27. The molecule has 0 unspecified atom stereocenters. The van der Waals surface area contributed by atoms with E-state index >= 15 is 0 Å². The van der Waals surface area contributed by atoms with Crippen molar-refractivity contribution in [1.29, 1.82) is 0 Å². The molecule has 0 N–H and O–H groups in total. The minimum absolute atomic E-state index is 0.187. The van der Waals surface area contributed by atoms with E-state index < -0.39 is 5.60 Å². The predicted octanol–water partition coefficient (Wildman–Crippen LogP) is 4.84. The number of ether oxygens (including phenoxy) is 1. The number of benzene rings is 1. The average molecular weight is 425 g/mol. The van der Waals surface area contributed by atoms with Crippen LogP contribution in [0.2, 0.25) is 0 Å². The first-order chi connectivity index (χ1) is 12.1. The first kappa shape index (κ1) is 20.6. The Morgan fingerprint density at radius 3 is 2.50 bits per heavy atom. The zero-order valence-electron chi connectivity index (χ0n) is 16.0. The van der Waals surface area contributed by atoms with Crippen molar-refractivity contribution in [2.45, 2.75) is 66.0 Å². The number of nitrogens with zero attached hydrogens (tertiary/aromatic N) is 2. The third kappa shape index (κ3) is 5.16. The van der Waals surface area contributed by atoms with Crippen molar-refractivity contribution in [1.82, 2.24) is 9.78 Å². The molecule has 1 aromatic carbocycles. The Kier molecular flexibility index (Phi) is 6.61. The van der Waals surface area contributed by atoms with Gasteiger partial charge in [0.1, 0.15) is 11.4 Å². The third-order valence-electron chi connectivity index (χ3n) is 4.00. The van der Waals surface area contributed by atoms with Crippen LogP contribution in [0, 0.1) is 5.82 Å². The Hall–Kier alpha value is -1.69. The maximum atomic E-state index is 14.2. The van der Waals surface area contributed by atoms with E-state index in [1.165, 1.54) is 6.07 Å². The van der Waals surface area contributed by atoms with Crippen LogP contribution in [0.4, 0.5) is 4.39 Å². The van der Waals surface area contributed by atoms with E-state index in [2.05, 4.69) is 21.0 Å². The molecular weight excluding hydrogens is 399 g/mol. The minimum Gasteiger partial charge on any atom is -0.460 e. The number of halogens is 2. The van der Waals surface area contributed by atoms with Gasteiger partial charge in [-0.25, -0.2) is 4.39 Å². The highest BCUT2D eigenvalue weighted by Gasteiger charge is 2.22. The van der Waals surface area contributed by atoms with Gasteiger partial charge in [-0.2, -0.15) is 5.10 Å². The lowest BCUT2D eigenvalue weighted by atomic mass is 10.1. The lowest BCUT2D eigenvalue weighted by Crippen LogP contribution is -2.25. The summed E-state index contributed by atoms with van der Waals surface area (Å²) in [4.78, 5) is 12.3. The van der Waals surface area contributed by atoms with Crippen LogP contribution in [0.3, 0.4) is 0 Å². The van der Waals surface area contributed by atoms with Crippen molar-refractivity contribution in [3.8, 4) is 0 Å². The molecule has 26 heavy (non-hydrogen) atoms. The number of aromatic nitrogens is 2. The van der Waals surface area contributed by atoms with E-state index in [0.29, 0.717) is 29.4 Å². The van der Waals surface area contributed by atoms with Gasteiger partial charge in [0.2, 0.25) is 0 Å². The number of hydrogen-bond acceptors (Lipinski definition) is 3. The number of carbonyl (C=O) groups excluding carboxylic acids is 1. The minimum atomic E-state index is -0.521. The Balaban J connectivity index is 2.34. The van der Waals surface area contributed by atoms with Crippen LogP contribution in [-0.4, -0.2) is 21.4 Å². The normalized spacial score (nSPS) is 11.7. The van der Waals surface area contributed by atoms with Crippen LogP contribution < -0.4 is 0 Å². The third-order valence-corrected chi connectivity index (χ3v) is 4.49. The molecule has 0 amide bonds. The average Bonchev–Trinajstić information content (AvgIpc) is 2.84. The molecule has 0 bridgehead atoms. The summed E-state index contributed by atoms with van der Waals surface area (Å²) in [5.74, 6) is -0.542. The van der Waals surface area contributed by atoms with Gasteiger partial charge in [0, 0.05) is 21.3 Å². The van der Waals surface area contributed by atoms with E-state index in [1.54, 1.807) is 6.07 Å². The molecule has 0 saturated carbocycles. The fraction of sp³-hybridized carbons (Fsp3) is 0.500. The van der Waals surface area contributed by atoms with Gasteiger partial charge < -0.3 is 4.74 Å². The summed E-state index contributed by atoms with van der Waals surface area (Å²) in [6, 6.07) is 5.02. The zero-order valence-corrected chi connectivity index (χ0v) is 17.6. The van der Waals surface area contributed by atoms with Crippen molar-refractivity contribution in [2.24, 2.45) is 0 Å². The lowest BCUT2D eigenvalue weighted by molar-refractivity contribution is -0.153. The van der Waals surface area contributed by atoms with Crippen molar-refractivity contribution in [2.75, 3.05) is 0 Å². The monoisotopic (exact) mass is 424 g/mol. The topological polar surface area (TPSA) is 44.1 Å². The van der Waals surface area contributed by atoms with Gasteiger partial charge in [0.05, 0.1) is 18.7 Å². The maximum absolute atomic E-state index is 14.2. The summed E-state index contributed by atoms with van der Waals surface area (Å²) >= 11 is 3.27. The summed E-state index contributed by atoms with van der Waals surface area (Å²) in [5, 5.41) is 4.64. The van der Waals surface area contributed by atoms with Crippen molar-refractivity contribution in [3.05, 3.63) is 51.0 Å². The second-order valence-electron chi connectivity index (χ2n) is 7.24. The van der Waals surface area contributed by atoms with Gasteiger partial charge in [0.15, 0.2) is 0 Å². The molecule has 2 rings (SSSR count). The number of aryl methyl sites for hydroxylation is 1. The van der Waals surface area contributed by atoms with E-state index in [0.717, 1.165) is 17.0 Å². The lowest BCUT2D eigenvalue weighted by Gasteiger charge is -2.19. The fourth-order valence-electron chi connectivity index (χ4n) is 2.94. The SMILES string of the molecule is CCc1nn(Cc2ccc(Br)cc2F)c(CC)c1CC(=O)OC(C)(C)C. The Morgan fingerprint density at radius 2 is 1.96 bits per heavy atom. The molecule has 0 radical (unpaired) electrons. The molecule has 0 spiro atoms. The van der Waals surface area contributed by atoms with Crippen LogP contribution in [0.5, 0.6) is 0 Å². The number of carbonyl (C=O) groups is 1. The van der Waals surface area contributed by atoms with Crippen LogP contribution in [0.25, 0.3) is 0 Å². The van der Waals surface area contributed by atoms with Crippen molar-refractivity contribution in [3.63, 3.8) is 0 Å². The zero-order chi connectivity index (χ0) is 19.5. The molecule has 1 heterocycles. The Morgan fingerprint density at radius 1 is 1.27 bits per heavy atom. The van der Waals surface area contributed by atoms with Crippen molar-refractivity contribution >= 4 is 21.9 Å². The summed E-state index contributed by atoms with van der Waals surface area (Å²) in [5.41, 5.74) is 2.77. The van der Waals surface area contributed by atoms with Crippen LogP contribution >= 0.6 is 15.9 Å². The summed E-state index contributed by atoms with van der Waals surface area (Å²) < 4.78 is 22.2. The summed E-state index contributed by atoms with van der Waals surface area (Å²) in [7, 11) is 0. The van der Waals surface area contributed by atoms with Crippen LogP contribution in [-0.2, 0) is 35.3 Å². The van der Waals surface area contributed by atoms with Gasteiger partial charge in [-0.05, 0) is 45.7 Å². The molecular formula is C20H26BrFN2O2. The Labute approximate surface area is 162 Å². The second-order valence-corrected chi connectivity index (χ2v) is 8.15. The molecule has 0 aliphatic carbocycles. The molecule has 4 nitrogen and oxygen atoms in total. The largest absolute Gasteiger partial charge is 0.460 e. The summed E-state index contributed by atoms with van der Waals surface area (Å²) in [6.07, 6.45) is 1.61. The van der Waals surface area contributed by atoms with E-state index in [-0.39, 0.29) is 18.2 Å². The molecule has 2 aromatic rings. The van der Waals surface area contributed by atoms with Crippen LogP contribution in [0.15, 0.2) is 22.7 Å².